The highest BCUT2D eigenvalue weighted by Gasteiger charge is 2.33. The van der Waals surface area contributed by atoms with Crippen molar-refractivity contribution >= 4 is 7.82 Å². The van der Waals surface area contributed by atoms with Gasteiger partial charge in [-0.3, -0.25) is 0 Å². The molecule has 0 fully saturated rings. The zero-order chi connectivity index (χ0) is 16.0. The van der Waals surface area contributed by atoms with Gasteiger partial charge in [-0.05, 0) is 24.3 Å². The van der Waals surface area contributed by atoms with Gasteiger partial charge in [0.25, 0.3) is 0 Å². The number of phosphoric acid groups is 1. The van der Waals surface area contributed by atoms with Crippen molar-refractivity contribution in [1.82, 2.24) is 0 Å². The number of hydrogen-bond donors (Lipinski definition) is 0. The average Bonchev–Trinajstić information content (AvgIpc) is 2.48. The van der Waals surface area contributed by atoms with Gasteiger partial charge in [0.1, 0.15) is 17.3 Å². The first-order chi connectivity index (χ1) is 10.5. The van der Waals surface area contributed by atoms with E-state index in [0.717, 1.165) is 0 Å². The van der Waals surface area contributed by atoms with Crippen LogP contribution in [0, 0.1) is 5.92 Å². The van der Waals surface area contributed by atoms with Gasteiger partial charge in [-0.2, -0.15) is 4.57 Å². The molecule has 2 aromatic rings. The number of hydrogen-bond acceptors (Lipinski definition) is 4. The molecular formula is C17H19O4P. The molecule has 0 amide bonds. The molecule has 2 rings (SSSR count). The van der Waals surface area contributed by atoms with Crippen molar-refractivity contribution in [2.45, 2.75) is 13.8 Å². The van der Waals surface area contributed by atoms with Gasteiger partial charge >= 0.3 is 7.82 Å². The Morgan fingerprint density at radius 3 is 1.68 bits per heavy atom. The Kier molecular flexibility index (Phi) is 5.29. The van der Waals surface area contributed by atoms with Gasteiger partial charge in [0.05, 0.1) is 0 Å². The van der Waals surface area contributed by atoms with Crippen LogP contribution >= 0.6 is 7.82 Å². The molecule has 0 saturated heterocycles. The molecule has 116 valence electrons. The van der Waals surface area contributed by atoms with Crippen LogP contribution in [0.25, 0.3) is 0 Å². The van der Waals surface area contributed by atoms with Gasteiger partial charge in [-0.25, -0.2) is 0 Å². The minimum atomic E-state index is -3.87. The minimum absolute atomic E-state index is 0.00734. The number of phosphoric ester groups is 1. The van der Waals surface area contributed by atoms with Crippen LogP contribution in [0.2, 0.25) is 0 Å². The lowest BCUT2D eigenvalue weighted by molar-refractivity contribution is 0.241. The van der Waals surface area contributed by atoms with Crippen molar-refractivity contribution in [3.63, 3.8) is 0 Å². The maximum absolute atomic E-state index is 12.9. The molecule has 4 nitrogen and oxygen atoms in total. The number of para-hydroxylation sites is 2. The lowest BCUT2D eigenvalue weighted by Crippen LogP contribution is -2.07. The van der Waals surface area contributed by atoms with Crippen LogP contribution in [0.4, 0.5) is 0 Å². The Morgan fingerprint density at radius 1 is 0.909 bits per heavy atom. The van der Waals surface area contributed by atoms with E-state index in [-0.39, 0.29) is 5.92 Å². The summed E-state index contributed by atoms with van der Waals surface area (Å²) in [6, 6.07) is 17.5. The lowest BCUT2D eigenvalue weighted by Gasteiger charge is -2.21. The molecule has 22 heavy (non-hydrogen) atoms. The number of rotatable bonds is 7. The maximum Gasteiger partial charge on any atom is 0.646 e. The molecule has 2 aromatic carbocycles. The van der Waals surface area contributed by atoms with Crippen molar-refractivity contribution in [3.8, 4) is 11.5 Å². The molecule has 0 unspecified atom stereocenters. The summed E-state index contributed by atoms with van der Waals surface area (Å²) >= 11 is 0. The highest BCUT2D eigenvalue weighted by Crippen LogP contribution is 2.51. The van der Waals surface area contributed by atoms with Crippen LogP contribution in [-0.2, 0) is 9.09 Å². The fraction of sp³-hybridized carbons (Fsp3) is 0.176. The van der Waals surface area contributed by atoms with Gasteiger partial charge in [0, 0.05) is 5.92 Å². The monoisotopic (exact) mass is 318 g/mol. The van der Waals surface area contributed by atoms with Crippen LogP contribution in [0.3, 0.4) is 0 Å². The standard InChI is InChI=1S/C17H19O4P/c1-14(2)15(3)19-22(18,20-16-10-6-4-7-11-16)21-17-12-8-5-9-13-17/h4-14H,3H2,1-2H3. The molecule has 0 N–H and O–H groups in total. The lowest BCUT2D eigenvalue weighted by atomic mass is 10.2. The Labute approximate surface area is 131 Å². The first-order valence-corrected chi connectivity index (χ1v) is 8.42. The predicted molar refractivity (Wildman–Crippen MR) is 86.8 cm³/mol. The van der Waals surface area contributed by atoms with Gasteiger partial charge in [-0.15, -0.1) is 0 Å². The van der Waals surface area contributed by atoms with E-state index in [0.29, 0.717) is 17.3 Å². The molecule has 0 aromatic heterocycles. The summed E-state index contributed by atoms with van der Waals surface area (Å²) in [5.74, 6) is 1.14. The van der Waals surface area contributed by atoms with Gasteiger partial charge in [0.2, 0.25) is 0 Å². The summed E-state index contributed by atoms with van der Waals surface area (Å²) in [7, 11) is -3.87. The number of allylic oxidation sites excluding steroid dienone is 1. The van der Waals surface area contributed by atoms with Crippen LogP contribution in [0.1, 0.15) is 13.8 Å². The summed E-state index contributed by atoms with van der Waals surface area (Å²) in [4.78, 5) is 0. The largest absolute Gasteiger partial charge is 0.646 e. The third kappa shape index (κ3) is 4.68. The molecule has 0 aliphatic carbocycles. The quantitative estimate of drug-likeness (QED) is 0.504. The molecule has 0 heterocycles. The Bertz CT molecular complexity index is 607. The Hall–Kier alpha value is -2.19. The van der Waals surface area contributed by atoms with E-state index in [1.165, 1.54) is 0 Å². The number of benzene rings is 2. The molecular weight excluding hydrogens is 299 g/mol. The van der Waals surface area contributed by atoms with Crippen LogP contribution in [-0.4, -0.2) is 0 Å². The minimum Gasteiger partial charge on any atom is -0.391 e. The van der Waals surface area contributed by atoms with E-state index in [2.05, 4.69) is 6.58 Å². The highest BCUT2D eigenvalue weighted by molar-refractivity contribution is 7.49. The zero-order valence-corrected chi connectivity index (χ0v) is 13.5. The molecule has 0 radical (unpaired) electrons. The topological polar surface area (TPSA) is 44.8 Å². The van der Waals surface area contributed by atoms with Crippen molar-refractivity contribution < 1.29 is 18.1 Å². The van der Waals surface area contributed by atoms with Crippen molar-refractivity contribution in [2.75, 3.05) is 0 Å². The average molecular weight is 318 g/mol. The van der Waals surface area contributed by atoms with E-state index in [4.69, 9.17) is 13.6 Å². The SMILES string of the molecule is C=C(OP(=O)(Oc1ccccc1)Oc1ccccc1)C(C)C. The van der Waals surface area contributed by atoms with Crippen molar-refractivity contribution in [3.05, 3.63) is 73.0 Å². The van der Waals surface area contributed by atoms with Gasteiger partial charge < -0.3 is 13.6 Å². The fourth-order valence-corrected chi connectivity index (χ4v) is 2.90. The Morgan fingerprint density at radius 2 is 1.32 bits per heavy atom. The van der Waals surface area contributed by atoms with Crippen molar-refractivity contribution in [1.29, 1.82) is 0 Å². The molecule has 5 heteroatoms. The second-order valence-electron chi connectivity index (χ2n) is 4.97. The summed E-state index contributed by atoms with van der Waals surface area (Å²) in [5, 5.41) is 0. The smallest absolute Gasteiger partial charge is 0.391 e. The summed E-state index contributed by atoms with van der Waals surface area (Å²) < 4.78 is 29.3. The van der Waals surface area contributed by atoms with Crippen LogP contribution < -0.4 is 9.05 Å². The van der Waals surface area contributed by atoms with Crippen molar-refractivity contribution in [2.24, 2.45) is 5.92 Å². The first-order valence-electron chi connectivity index (χ1n) is 6.96. The van der Waals surface area contributed by atoms with Gasteiger partial charge in [0.15, 0.2) is 0 Å². The summed E-state index contributed by atoms with van der Waals surface area (Å²) in [5.41, 5.74) is 0. The van der Waals surface area contributed by atoms with E-state index in [1.54, 1.807) is 48.5 Å². The zero-order valence-electron chi connectivity index (χ0n) is 12.6. The molecule has 0 aliphatic heterocycles. The second kappa shape index (κ2) is 7.19. The molecule has 0 atom stereocenters. The second-order valence-corrected chi connectivity index (χ2v) is 6.41. The summed E-state index contributed by atoms with van der Waals surface area (Å²) in [6.45, 7) is 7.54. The first kappa shape index (κ1) is 16.2. The molecule has 0 bridgehead atoms. The molecule has 0 saturated carbocycles. The maximum atomic E-state index is 12.9. The third-order valence-corrected chi connectivity index (χ3v) is 4.12. The van der Waals surface area contributed by atoms with Crippen LogP contribution in [0.5, 0.6) is 11.5 Å². The van der Waals surface area contributed by atoms with Gasteiger partial charge in [-0.1, -0.05) is 56.8 Å². The normalized spacial score (nSPS) is 11.0. The van der Waals surface area contributed by atoms with E-state index < -0.39 is 7.82 Å². The Balaban J connectivity index is 2.23. The highest BCUT2D eigenvalue weighted by atomic mass is 31.2. The molecule has 0 spiro atoms. The van der Waals surface area contributed by atoms with E-state index in [1.807, 2.05) is 26.0 Å². The van der Waals surface area contributed by atoms with E-state index >= 15 is 0 Å². The predicted octanol–water partition coefficient (Wildman–Crippen LogP) is 5.44. The van der Waals surface area contributed by atoms with Crippen LogP contribution in [0.15, 0.2) is 73.0 Å². The fourth-order valence-electron chi connectivity index (χ4n) is 1.53. The summed E-state index contributed by atoms with van der Waals surface area (Å²) in [6.07, 6.45) is 0. The molecule has 0 aliphatic rings. The van der Waals surface area contributed by atoms with E-state index in [9.17, 15) is 4.57 Å². The third-order valence-electron chi connectivity index (χ3n) is 2.79.